The van der Waals surface area contributed by atoms with Crippen LogP contribution >= 0.6 is 0 Å². The number of nitrogens with two attached hydrogens (primary N) is 3. The number of aromatic carboxylic acids is 1. The summed E-state index contributed by atoms with van der Waals surface area (Å²) in [6.45, 7) is 7.41. The van der Waals surface area contributed by atoms with E-state index in [2.05, 4.69) is 15.3 Å². The highest BCUT2D eigenvalue weighted by Gasteiger charge is 2.32. The monoisotopic (exact) mass is 1760 g/mol. The first-order valence-corrected chi connectivity index (χ1v) is 45.8. The number of ether oxygens (including phenoxy) is 3. The number of aromatic amines is 1. The van der Waals surface area contributed by atoms with E-state index in [1.165, 1.54) is 36.4 Å². The van der Waals surface area contributed by atoms with Crippen molar-refractivity contribution in [2.24, 2.45) is 0 Å². The van der Waals surface area contributed by atoms with E-state index in [4.69, 9.17) is 36.5 Å². The van der Waals surface area contributed by atoms with E-state index in [1.807, 2.05) is 127 Å². The summed E-state index contributed by atoms with van der Waals surface area (Å²) in [6, 6.07) is 68.6. The Morgan fingerprint density at radius 3 is 1.08 bits per heavy atom. The molecule has 4 heterocycles. The van der Waals surface area contributed by atoms with Crippen LogP contribution in [0, 0.1) is 17.5 Å². The number of hydrogen-bond acceptors (Lipinski definition) is 18. The van der Waals surface area contributed by atoms with Crippen molar-refractivity contribution in [1.29, 1.82) is 0 Å². The molecule has 0 fully saturated rings. The number of carbonyl (C=O) groups excluding carboxylic acids is 4. The molecule has 126 heavy (non-hydrogen) atoms. The van der Waals surface area contributed by atoms with Gasteiger partial charge in [-0.05, 0) is 186 Å². The minimum absolute atomic E-state index is 0.0654. The molecule has 0 radical (unpaired) electrons. The lowest BCUT2D eigenvalue weighted by molar-refractivity contribution is 0.0692. The van der Waals surface area contributed by atoms with Gasteiger partial charge < -0.3 is 61.5 Å². The molecule has 30 heteroatoms. The maximum Gasteiger partial charge on any atom is 0.335 e. The van der Waals surface area contributed by atoms with E-state index in [1.54, 1.807) is 96.1 Å². The van der Waals surface area contributed by atoms with Crippen molar-refractivity contribution in [2.45, 2.75) is 74.4 Å². The number of anilines is 4. The number of nitrogens with zero attached hydrogens (tertiary/aromatic N) is 4. The minimum atomic E-state index is -3.78. The second kappa shape index (κ2) is 38.3. The number of carboxylic acids is 1. The molecule has 0 bridgehead atoms. The molecule has 24 nitrogen and oxygen atoms in total. The fourth-order valence-electron chi connectivity index (χ4n) is 14.9. The summed E-state index contributed by atoms with van der Waals surface area (Å²) in [4.78, 5) is 76.0. The van der Waals surface area contributed by atoms with E-state index in [-0.39, 0.29) is 123 Å². The lowest BCUT2D eigenvalue weighted by Crippen LogP contribution is -2.33. The maximum absolute atomic E-state index is 15.1. The fourth-order valence-corrected chi connectivity index (χ4v) is 17.2. The second-order valence-electron chi connectivity index (χ2n) is 30.1. The van der Waals surface area contributed by atoms with Gasteiger partial charge in [0.25, 0.3) is 23.6 Å². The number of H-pyrrole nitrogens is 1. The Labute approximate surface area is 727 Å². The highest BCUT2D eigenvalue weighted by Crippen LogP contribution is 2.37. The van der Waals surface area contributed by atoms with E-state index in [0.717, 1.165) is 103 Å². The van der Waals surface area contributed by atoms with Gasteiger partial charge in [0.15, 0.2) is 29.5 Å². The van der Waals surface area contributed by atoms with Gasteiger partial charge in [0.05, 0.1) is 59.0 Å². The summed E-state index contributed by atoms with van der Waals surface area (Å²) in [5.41, 5.74) is 30.9. The topological polar surface area (TPSA) is 364 Å². The van der Waals surface area contributed by atoms with E-state index < -0.39 is 79.4 Å². The van der Waals surface area contributed by atoms with Crippen LogP contribution in [0.2, 0.25) is 0 Å². The first-order valence-electron chi connectivity index (χ1n) is 40.1. The number of imidazole rings is 1. The zero-order chi connectivity index (χ0) is 90.1. The van der Waals surface area contributed by atoms with Crippen LogP contribution in [0.1, 0.15) is 106 Å². The van der Waals surface area contributed by atoms with Crippen molar-refractivity contribution in [3.05, 3.63) is 315 Å². The van der Waals surface area contributed by atoms with Crippen LogP contribution < -0.4 is 36.7 Å². The smallest absolute Gasteiger partial charge is 0.335 e. The zero-order valence-electron chi connectivity index (χ0n) is 69.5. The summed E-state index contributed by atoms with van der Waals surface area (Å²) < 4.78 is 135. The standard InChI is InChI=1S/C32H30FN3O5S.C32H28FN3O4S.C26H24FNO6S.C6H8N2/c1-3-24-25(13-15-29(30(24)33)42(2,39)40)32(38)36-16-17-41-28-14-12-22(18-23(28)19-36)20-8-10-21(11-9-20)31(37)35-27-7-5-4-6-26(27)34;1-3-24-25(13-15-29(30(24)33)41(2,38)39)32(37)36-16-17-40-28-14-12-22(18-23(28)19-36)20-8-10-21(11-9-20)31-34-26-6-4-5-7-27(26)35-31;1-3-20-21(9-11-23(24(20)27)35(2,32)33)25(29)28-12-13-34-22-10-8-18(14-19(22)15-28)16-4-6-17(7-5-16)26(30)31;7-5-3-1-2-4-6(5)8/h4-15,18H,3,16-17,19,34H2,1-2H3,(H,35,37);4-15,18H,3,16-17,19H2,1-2H3,(H,34,35);4-11,14H,3,12-13,15H2,1-2H3,(H,30,31);1-4H,7-8H2. The Kier molecular flexibility index (Phi) is 27.3. The van der Waals surface area contributed by atoms with Crippen molar-refractivity contribution >= 4 is 92.9 Å². The number of sulfone groups is 3. The predicted octanol–water partition coefficient (Wildman–Crippen LogP) is 16.4. The van der Waals surface area contributed by atoms with E-state index in [9.17, 15) is 53.6 Å². The van der Waals surface area contributed by atoms with Crippen molar-refractivity contribution in [3.8, 4) is 62.0 Å². The maximum atomic E-state index is 15.1. The number of fused-ring (bicyclic) bond motifs is 4. The summed E-state index contributed by atoms with van der Waals surface area (Å²) in [7, 11) is -11.3. The number of rotatable bonds is 16. The number of nitrogens with one attached hydrogen (secondary N) is 2. The average molecular weight is 1760 g/mol. The molecule has 1 aromatic heterocycles. The van der Waals surface area contributed by atoms with E-state index in [0.29, 0.717) is 52.1 Å². The lowest BCUT2D eigenvalue weighted by atomic mass is 10.00. The van der Waals surface area contributed by atoms with Crippen LogP contribution in [0.5, 0.6) is 17.2 Å². The van der Waals surface area contributed by atoms with Crippen LogP contribution in [0.3, 0.4) is 0 Å². The first-order chi connectivity index (χ1) is 60.2. The van der Waals surface area contributed by atoms with Gasteiger partial charge in [0.2, 0.25) is 0 Å². The summed E-state index contributed by atoms with van der Waals surface area (Å²) in [6.07, 6.45) is 3.34. The van der Waals surface area contributed by atoms with Gasteiger partial charge in [-0.2, -0.15) is 0 Å². The number of nitrogen functional groups attached to an aromatic ring is 3. The number of hydrogen-bond donors (Lipinski definition) is 6. The fraction of sp³-hybridized carbons (Fsp3) is 0.188. The molecule has 0 aliphatic carbocycles. The van der Waals surface area contributed by atoms with Crippen molar-refractivity contribution in [3.63, 3.8) is 0 Å². The summed E-state index contributed by atoms with van der Waals surface area (Å²) in [5.74, 6) is -2.34. The molecule has 0 spiro atoms. The largest absolute Gasteiger partial charge is 0.491 e. The lowest BCUT2D eigenvalue weighted by Gasteiger charge is -2.22. The molecule has 0 unspecified atom stereocenters. The number of carboxylic acid groups (broad SMARTS) is 1. The molecule has 16 rings (SSSR count). The Bertz CT molecular complexity index is 6680. The summed E-state index contributed by atoms with van der Waals surface area (Å²) in [5, 5.41) is 11.9. The first kappa shape index (κ1) is 89.7. The van der Waals surface area contributed by atoms with Crippen LogP contribution in [0.4, 0.5) is 35.9 Å². The van der Waals surface area contributed by atoms with E-state index >= 15 is 8.78 Å². The zero-order valence-corrected chi connectivity index (χ0v) is 72.0. The molecule has 0 saturated heterocycles. The van der Waals surface area contributed by atoms with Crippen LogP contribution in [-0.4, -0.2) is 143 Å². The number of para-hydroxylation sites is 6. The van der Waals surface area contributed by atoms with Crippen LogP contribution in [0.25, 0.3) is 55.8 Å². The molecular weight excluding hydrogens is 1670 g/mol. The van der Waals surface area contributed by atoms with Crippen LogP contribution in [-0.2, 0) is 68.4 Å². The Balaban J connectivity index is 0.000000155. The van der Waals surface area contributed by atoms with Gasteiger partial charge in [-0.25, -0.2) is 48.2 Å². The Morgan fingerprint density at radius 1 is 0.413 bits per heavy atom. The SMILES string of the molecule is CCc1c(C(=O)N2CCOc3ccc(-c4ccc(-c5nc6ccccc6[nH]5)cc4)cc3C2)ccc(S(C)(=O)=O)c1F.CCc1c(C(=O)N2CCOc3ccc(-c4ccc(C(=O)Nc5ccccc5N)cc4)cc3C2)ccc(S(C)(=O)=O)c1F.CCc1c(C(=O)N2CCOc3ccc(-c4ccc(C(=O)O)cc4)cc3C2)ccc(S(C)(=O)=O)c1F.Nc1ccccc1N. The molecule has 9 N–H and O–H groups in total. The Hall–Kier alpha value is -14.1. The molecule has 3 aliphatic heterocycles. The third kappa shape index (κ3) is 20.4. The number of benzene rings is 12. The molecule has 3 aliphatic rings. The highest BCUT2D eigenvalue weighted by atomic mass is 32.2. The number of aromatic nitrogens is 2. The second-order valence-corrected chi connectivity index (χ2v) is 36.0. The molecule has 648 valence electrons. The predicted molar refractivity (Wildman–Crippen MR) is 479 cm³/mol. The molecule has 0 atom stereocenters. The number of amides is 4. The van der Waals surface area contributed by atoms with Gasteiger partial charge in [0, 0.05) is 99.6 Å². The van der Waals surface area contributed by atoms with Gasteiger partial charge in [-0.3, -0.25) is 19.2 Å². The van der Waals surface area contributed by atoms with Gasteiger partial charge in [0.1, 0.15) is 75.0 Å². The number of carbonyl (C=O) groups is 5. The minimum Gasteiger partial charge on any atom is -0.491 e. The highest BCUT2D eigenvalue weighted by molar-refractivity contribution is 7.91. The quantitative estimate of drug-likeness (QED) is 0.0489. The molecule has 12 aromatic carbocycles. The number of halogens is 3. The Morgan fingerprint density at radius 2 is 0.738 bits per heavy atom. The molecule has 4 amide bonds. The van der Waals surface area contributed by atoms with Gasteiger partial charge >= 0.3 is 5.97 Å². The third-order valence-corrected chi connectivity index (χ3v) is 24.9. The van der Waals surface area contributed by atoms with Crippen LogP contribution in [0.15, 0.2) is 251 Å². The normalized spacial score (nSPS) is 13.1. The average Bonchev–Trinajstić information content (AvgIpc) is 0.968. The van der Waals surface area contributed by atoms with Gasteiger partial charge in [-0.15, -0.1) is 0 Å². The van der Waals surface area contributed by atoms with Crippen molar-refractivity contribution in [2.75, 3.05) is 80.7 Å². The van der Waals surface area contributed by atoms with Crippen molar-refractivity contribution in [1.82, 2.24) is 24.7 Å². The van der Waals surface area contributed by atoms with Gasteiger partial charge in [-0.1, -0.05) is 124 Å². The molecule has 0 saturated carbocycles. The molecular formula is C96H90F3N9O15S3. The third-order valence-electron chi connectivity index (χ3n) is 21.6. The van der Waals surface area contributed by atoms with Crippen molar-refractivity contribution < 1.29 is 81.7 Å². The molecule has 13 aromatic rings. The summed E-state index contributed by atoms with van der Waals surface area (Å²) >= 11 is 0.